The Balaban J connectivity index is 2.13. The van der Waals surface area contributed by atoms with Gasteiger partial charge >= 0.3 is 0 Å². The highest BCUT2D eigenvalue weighted by Gasteiger charge is 2.20. The van der Waals surface area contributed by atoms with Gasteiger partial charge in [0, 0.05) is 22.4 Å². The third-order valence-corrected chi connectivity index (χ3v) is 4.49. The van der Waals surface area contributed by atoms with Gasteiger partial charge in [-0.05, 0) is 18.6 Å². The molecule has 0 radical (unpaired) electrons. The van der Waals surface area contributed by atoms with Crippen molar-refractivity contribution in [3.8, 4) is 11.5 Å². The molecule has 0 aliphatic heterocycles. The molecule has 2 aromatic carbocycles. The number of hydrogen-bond acceptors (Lipinski definition) is 2. The standard InChI is InChI=1S/C20H19NO2/c1-22-15-12-17-16-10-6-7-11-18(16)21(14-8-4-3-5-9-14)20(17)19(13-15)23-2/h3-8,10-14H,9H2,1-2H3. The SMILES string of the molecule is COc1cc(OC)c2c(c1)c1ccccc1n2C1C=CC=CC1. The number of hydrogen-bond donors (Lipinski definition) is 0. The molecule has 4 rings (SSSR count). The number of ether oxygens (including phenoxy) is 2. The molecule has 0 spiro atoms. The molecule has 3 nitrogen and oxygen atoms in total. The Morgan fingerprint density at radius 3 is 2.61 bits per heavy atom. The van der Waals surface area contributed by atoms with Crippen molar-refractivity contribution in [1.82, 2.24) is 4.57 Å². The highest BCUT2D eigenvalue weighted by molar-refractivity contribution is 6.10. The first kappa shape index (κ1) is 13.9. The van der Waals surface area contributed by atoms with Gasteiger partial charge in [0.25, 0.3) is 0 Å². The molecule has 0 amide bonds. The maximum absolute atomic E-state index is 5.69. The average Bonchev–Trinajstić information content (AvgIpc) is 2.96. The molecule has 23 heavy (non-hydrogen) atoms. The van der Waals surface area contributed by atoms with E-state index < -0.39 is 0 Å². The lowest BCUT2D eigenvalue weighted by atomic mass is 10.1. The van der Waals surface area contributed by atoms with Crippen LogP contribution in [-0.4, -0.2) is 18.8 Å². The molecule has 1 aliphatic rings. The first-order valence-electron chi connectivity index (χ1n) is 7.81. The molecule has 0 bridgehead atoms. The van der Waals surface area contributed by atoms with Gasteiger partial charge in [0.2, 0.25) is 0 Å². The van der Waals surface area contributed by atoms with Crippen LogP contribution in [0.4, 0.5) is 0 Å². The normalized spacial score (nSPS) is 17.0. The maximum Gasteiger partial charge on any atom is 0.146 e. The highest BCUT2D eigenvalue weighted by Crippen LogP contribution is 2.41. The fourth-order valence-corrected chi connectivity index (χ4v) is 3.45. The third kappa shape index (κ3) is 2.12. The molecule has 1 unspecified atom stereocenters. The van der Waals surface area contributed by atoms with Crippen molar-refractivity contribution in [1.29, 1.82) is 0 Å². The van der Waals surface area contributed by atoms with Gasteiger partial charge in [-0.25, -0.2) is 0 Å². The van der Waals surface area contributed by atoms with Crippen LogP contribution in [0.1, 0.15) is 12.5 Å². The molecule has 1 aliphatic carbocycles. The second-order valence-electron chi connectivity index (χ2n) is 5.73. The van der Waals surface area contributed by atoms with Crippen LogP contribution >= 0.6 is 0 Å². The van der Waals surface area contributed by atoms with Crippen molar-refractivity contribution < 1.29 is 9.47 Å². The van der Waals surface area contributed by atoms with Crippen molar-refractivity contribution in [3.05, 3.63) is 60.7 Å². The minimum Gasteiger partial charge on any atom is -0.497 e. The molecule has 0 fully saturated rings. The molecule has 3 aromatic rings. The van der Waals surface area contributed by atoms with Gasteiger partial charge in [-0.2, -0.15) is 0 Å². The third-order valence-electron chi connectivity index (χ3n) is 4.49. The van der Waals surface area contributed by atoms with Gasteiger partial charge in [0.15, 0.2) is 0 Å². The van der Waals surface area contributed by atoms with Crippen molar-refractivity contribution in [2.75, 3.05) is 14.2 Å². The Kier molecular flexibility index (Phi) is 3.34. The number of allylic oxidation sites excluding steroid dienone is 4. The number of fused-ring (bicyclic) bond motifs is 3. The van der Waals surface area contributed by atoms with E-state index in [4.69, 9.17) is 9.47 Å². The molecule has 1 aromatic heterocycles. The lowest BCUT2D eigenvalue weighted by molar-refractivity contribution is 0.396. The van der Waals surface area contributed by atoms with Crippen LogP contribution in [0.15, 0.2) is 60.7 Å². The summed E-state index contributed by atoms with van der Waals surface area (Å²) in [6.45, 7) is 0. The molecular weight excluding hydrogens is 286 g/mol. The molecule has 116 valence electrons. The van der Waals surface area contributed by atoms with Gasteiger partial charge in [-0.15, -0.1) is 0 Å². The number of rotatable bonds is 3. The van der Waals surface area contributed by atoms with E-state index in [1.165, 1.54) is 16.3 Å². The zero-order chi connectivity index (χ0) is 15.8. The van der Waals surface area contributed by atoms with E-state index in [1.807, 2.05) is 6.07 Å². The van der Waals surface area contributed by atoms with E-state index >= 15 is 0 Å². The predicted molar refractivity (Wildman–Crippen MR) is 94.5 cm³/mol. The van der Waals surface area contributed by atoms with Gasteiger partial charge < -0.3 is 14.0 Å². The van der Waals surface area contributed by atoms with E-state index in [0.29, 0.717) is 6.04 Å². The van der Waals surface area contributed by atoms with E-state index in [9.17, 15) is 0 Å². The van der Waals surface area contributed by atoms with E-state index in [1.54, 1.807) is 14.2 Å². The Morgan fingerprint density at radius 1 is 1.00 bits per heavy atom. The van der Waals surface area contributed by atoms with Crippen LogP contribution in [0.2, 0.25) is 0 Å². The number of benzene rings is 2. The zero-order valence-electron chi connectivity index (χ0n) is 13.3. The fourth-order valence-electron chi connectivity index (χ4n) is 3.45. The van der Waals surface area contributed by atoms with Crippen molar-refractivity contribution >= 4 is 21.8 Å². The largest absolute Gasteiger partial charge is 0.497 e. The minimum absolute atomic E-state index is 0.296. The van der Waals surface area contributed by atoms with Crippen LogP contribution in [-0.2, 0) is 0 Å². The van der Waals surface area contributed by atoms with Crippen LogP contribution in [0.3, 0.4) is 0 Å². The molecule has 0 saturated carbocycles. The Hall–Kier alpha value is -2.68. The lowest BCUT2D eigenvalue weighted by Crippen LogP contribution is -2.07. The number of nitrogens with zero attached hydrogens (tertiary/aromatic N) is 1. The van der Waals surface area contributed by atoms with Crippen molar-refractivity contribution in [3.63, 3.8) is 0 Å². The Bertz CT molecular complexity index is 934. The molecular formula is C20H19NO2. The van der Waals surface area contributed by atoms with E-state index in [-0.39, 0.29) is 0 Å². The monoisotopic (exact) mass is 305 g/mol. The summed E-state index contributed by atoms with van der Waals surface area (Å²) in [6, 6.07) is 12.9. The minimum atomic E-state index is 0.296. The summed E-state index contributed by atoms with van der Waals surface area (Å²) in [7, 11) is 3.40. The molecule has 0 saturated heterocycles. The predicted octanol–water partition coefficient (Wildman–Crippen LogP) is 4.87. The van der Waals surface area contributed by atoms with Gasteiger partial charge in [-0.3, -0.25) is 0 Å². The molecule has 1 heterocycles. The van der Waals surface area contributed by atoms with E-state index in [0.717, 1.165) is 23.4 Å². The molecule has 0 N–H and O–H groups in total. The second-order valence-corrected chi connectivity index (χ2v) is 5.73. The lowest BCUT2D eigenvalue weighted by Gasteiger charge is -2.19. The quantitative estimate of drug-likeness (QED) is 0.689. The fraction of sp³-hybridized carbons (Fsp3) is 0.200. The summed E-state index contributed by atoms with van der Waals surface area (Å²) in [5.74, 6) is 1.66. The first-order chi connectivity index (χ1) is 11.3. The van der Waals surface area contributed by atoms with Crippen LogP contribution in [0.5, 0.6) is 11.5 Å². The smallest absolute Gasteiger partial charge is 0.146 e. The van der Waals surface area contributed by atoms with Crippen LogP contribution in [0.25, 0.3) is 21.8 Å². The highest BCUT2D eigenvalue weighted by atomic mass is 16.5. The van der Waals surface area contributed by atoms with Crippen molar-refractivity contribution in [2.45, 2.75) is 12.5 Å². The van der Waals surface area contributed by atoms with Crippen molar-refractivity contribution in [2.24, 2.45) is 0 Å². The number of aromatic nitrogens is 1. The molecule has 3 heteroatoms. The van der Waals surface area contributed by atoms with E-state index in [2.05, 4.69) is 59.2 Å². The maximum atomic E-state index is 5.69. The van der Waals surface area contributed by atoms with Crippen LogP contribution in [0, 0.1) is 0 Å². The summed E-state index contributed by atoms with van der Waals surface area (Å²) in [4.78, 5) is 0. The Morgan fingerprint density at radius 2 is 1.87 bits per heavy atom. The average molecular weight is 305 g/mol. The number of para-hydroxylation sites is 1. The summed E-state index contributed by atoms with van der Waals surface area (Å²) < 4.78 is 13.5. The topological polar surface area (TPSA) is 23.4 Å². The number of methoxy groups -OCH3 is 2. The first-order valence-corrected chi connectivity index (χ1v) is 7.81. The summed E-state index contributed by atoms with van der Waals surface area (Å²) in [5, 5.41) is 2.39. The Labute approximate surface area is 135 Å². The van der Waals surface area contributed by atoms with Gasteiger partial charge in [-0.1, -0.05) is 42.5 Å². The van der Waals surface area contributed by atoms with Crippen LogP contribution < -0.4 is 9.47 Å². The van der Waals surface area contributed by atoms with Gasteiger partial charge in [0.1, 0.15) is 11.5 Å². The molecule has 1 atom stereocenters. The summed E-state index contributed by atoms with van der Waals surface area (Å²) in [5.41, 5.74) is 2.35. The summed E-state index contributed by atoms with van der Waals surface area (Å²) in [6.07, 6.45) is 9.66. The van der Waals surface area contributed by atoms with Gasteiger partial charge in [0.05, 0.1) is 25.8 Å². The second kappa shape index (κ2) is 5.51. The zero-order valence-corrected chi connectivity index (χ0v) is 13.3. The summed E-state index contributed by atoms with van der Waals surface area (Å²) >= 11 is 0.